The minimum Gasteiger partial charge on any atom is -0.325 e. The highest BCUT2D eigenvalue weighted by atomic mass is 19.1. The average molecular weight is 246 g/mol. The van der Waals surface area contributed by atoms with Gasteiger partial charge in [-0.2, -0.15) is 0 Å². The molecular weight excluding hydrogens is 231 g/mol. The number of aromatic nitrogens is 2. The maximum absolute atomic E-state index is 12.9. The molecule has 0 bridgehead atoms. The Kier molecular flexibility index (Phi) is 3.84. The highest BCUT2D eigenvalue weighted by Gasteiger charge is 2.13. The van der Waals surface area contributed by atoms with Crippen molar-refractivity contribution >= 4 is 11.5 Å². The molecule has 0 aliphatic heterocycles. The zero-order valence-corrected chi connectivity index (χ0v) is 10.2. The summed E-state index contributed by atoms with van der Waals surface area (Å²) in [5.41, 5.74) is 7.25. The van der Waals surface area contributed by atoms with Crippen LogP contribution in [0.25, 0.3) is 0 Å². The summed E-state index contributed by atoms with van der Waals surface area (Å²) in [5, 5.41) is 0. The van der Waals surface area contributed by atoms with E-state index in [1.54, 1.807) is 24.5 Å². The molecule has 1 aromatic carbocycles. The Morgan fingerprint density at radius 2 is 1.83 bits per heavy atom. The quantitative estimate of drug-likeness (QED) is 0.898. The second kappa shape index (κ2) is 5.55. The molecule has 0 atom stereocenters. The molecule has 0 fully saturated rings. The van der Waals surface area contributed by atoms with Crippen LogP contribution in [0.3, 0.4) is 0 Å². The smallest absolute Gasteiger partial charge is 0.156 e. The Hall–Kier alpha value is -2.01. The molecule has 0 radical (unpaired) electrons. The minimum atomic E-state index is -0.256. The summed E-state index contributed by atoms with van der Waals surface area (Å²) in [6.07, 6.45) is 3.24. The summed E-state index contributed by atoms with van der Waals surface area (Å²) in [6, 6.07) is 6.29. The molecule has 2 N–H and O–H groups in total. The molecular formula is C13H15FN4. The Bertz CT molecular complexity index is 513. The van der Waals surface area contributed by atoms with Gasteiger partial charge in [0.1, 0.15) is 5.82 Å². The zero-order valence-electron chi connectivity index (χ0n) is 10.2. The van der Waals surface area contributed by atoms with Gasteiger partial charge in [0.05, 0.1) is 5.69 Å². The Morgan fingerprint density at radius 1 is 1.17 bits per heavy atom. The molecule has 0 amide bonds. The first-order valence-corrected chi connectivity index (χ1v) is 5.79. The van der Waals surface area contributed by atoms with E-state index in [0.29, 0.717) is 18.9 Å². The van der Waals surface area contributed by atoms with Crippen molar-refractivity contribution in [3.63, 3.8) is 0 Å². The fraction of sp³-hybridized carbons (Fsp3) is 0.231. The Labute approximate surface area is 105 Å². The number of halogens is 1. The highest BCUT2D eigenvalue weighted by Crippen LogP contribution is 2.25. The number of hydrogen-bond donors (Lipinski definition) is 1. The first kappa shape index (κ1) is 12.4. The molecule has 94 valence electrons. The van der Waals surface area contributed by atoms with E-state index in [1.165, 1.54) is 12.1 Å². The third-order valence-electron chi connectivity index (χ3n) is 2.66. The van der Waals surface area contributed by atoms with Crippen molar-refractivity contribution in [2.75, 3.05) is 11.4 Å². The van der Waals surface area contributed by atoms with Crippen molar-refractivity contribution in [2.45, 2.75) is 13.5 Å². The maximum atomic E-state index is 12.9. The van der Waals surface area contributed by atoms with E-state index in [2.05, 4.69) is 9.97 Å². The number of hydrogen-bond acceptors (Lipinski definition) is 4. The molecule has 5 heteroatoms. The van der Waals surface area contributed by atoms with Gasteiger partial charge in [-0.3, -0.25) is 4.98 Å². The van der Waals surface area contributed by atoms with Crippen molar-refractivity contribution in [1.29, 1.82) is 0 Å². The van der Waals surface area contributed by atoms with Gasteiger partial charge >= 0.3 is 0 Å². The fourth-order valence-electron chi connectivity index (χ4n) is 1.80. The average Bonchev–Trinajstić information content (AvgIpc) is 2.42. The lowest BCUT2D eigenvalue weighted by molar-refractivity contribution is 0.627. The van der Waals surface area contributed by atoms with Gasteiger partial charge in [0.15, 0.2) is 5.82 Å². The minimum absolute atomic E-state index is 0.256. The number of rotatable bonds is 4. The van der Waals surface area contributed by atoms with Gasteiger partial charge in [0.2, 0.25) is 0 Å². The molecule has 0 aliphatic carbocycles. The lowest BCUT2D eigenvalue weighted by Crippen LogP contribution is -2.20. The van der Waals surface area contributed by atoms with Gasteiger partial charge in [-0.05, 0) is 31.2 Å². The molecule has 1 aromatic heterocycles. The first-order chi connectivity index (χ1) is 8.76. The summed E-state index contributed by atoms with van der Waals surface area (Å²) >= 11 is 0. The van der Waals surface area contributed by atoms with Crippen LogP contribution in [0.15, 0.2) is 36.7 Å². The van der Waals surface area contributed by atoms with E-state index >= 15 is 0 Å². The van der Waals surface area contributed by atoms with Crippen LogP contribution in [0.5, 0.6) is 0 Å². The monoisotopic (exact) mass is 246 g/mol. The molecule has 4 nitrogen and oxygen atoms in total. The molecule has 2 rings (SSSR count). The van der Waals surface area contributed by atoms with Crippen LogP contribution in [0.4, 0.5) is 15.9 Å². The summed E-state index contributed by atoms with van der Waals surface area (Å²) < 4.78 is 12.9. The van der Waals surface area contributed by atoms with Crippen LogP contribution < -0.4 is 10.6 Å². The summed E-state index contributed by atoms with van der Waals surface area (Å²) in [6.45, 7) is 3.02. The predicted octanol–water partition coefficient (Wildman–Crippen LogP) is 2.23. The number of anilines is 2. The standard InChI is InChI=1S/C13H15FN4/c1-2-18(11-5-3-10(14)4-6-11)13-12(9-15)16-7-8-17-13/h3-8H,2,9,15H2,1H3. The van der Waals surface area contributed by atoms with Crippen LogP contribution in [0.1, 0.15) is 12.6 Å². The fourth-order valence-corrected chi connectivity index (χ4v) is 1.80. The zero-order chi connectivity index (χ0) is 13.0. The van der Waals surface area contributed by atoms with Crippen LogP contribution in [-0.2, 0) is 6.54 Å². The SMILES string of the molecule is CCN(c1ccc(F)cc1)c1nccnc1CN. The molecule has 0 saturated carbocycles. The molecule has 0 aliphatic rings. The van der Waals surface area contributed by atoms with Crippen molar-refractivity contribution < 1.29 is 4.39 Å². The third-order valence-corrected chi connectivity index (χ3v) is 2.66. The largest absolute Gasteiger partial charge is 0.325 e. The summed E-state index contributed by atoms with van der Waals surface area (Å²) in [5.74, 6) is 0.460. The Balaban J connectivity index is 2.41. The van der Waals surface area contributed by atoms with Crippen LogP contribution in [0, 0.1) is 5.82 Å². The molecule has 0 saturated heterocycles. The molecule has 0 spiro atoms. The van der Waals surface area contributed by atoms with E-state index in [4.69, 9.17) is 5.73 Å². The number of nitrogens with zero attached hydrogens (tertiary/aromatic N) is 3. The lowest BCUT2D eigenvalue weighted by atomic mass is 10.2. The van der Waals surface area contributed by atoms with Crippen LogP contribution in [-0.4, -0.2) is 16.5 Å². The van der Waals surface area contributed by atoms with E-state index in [-0.39, 0.29) is 5.82 Å². The molecule has 18 heavy (non-hydrogen) atoms. The lowest BCUT2D eigenvalue weighted by Gasteiger charge is -2.23. The highest BCUT2D eigenvalue weighted by molar-refractivity contribution is 5.61. The van der Waals surface area contributed by atoms with Crippen LogP contribution in [0.2, 0.25) is 0 Å². The van der Waals surface area contributed by atoms with Crippen molar-refractivity contribution in [3.8, 4) is 0 Å². The second-order valence-electron chi connectivity index (χ2n) is 3.75. The van der Waals surface area contributed by atoms with E-state index in [9.17, 15) is 4.39 Å². The summed E-state index contributed by atoms with van der Waals surface area (Å²) in [7, 11) is 0. The molecule has 2 aromatic rings. The van der Waals surface area contributed by atoms with Crippen molar-refractivity contribution in [1.82, 2.24) is 9.97 Å². The topological polar surface area (TPSA) is 55.0 Å². The maximum Gasteiger partial charge on any atom is 0.156 e. The van der Waals surface area contributed by atoms with Gasteiger partial charge in [0, 0.05) is 31.2 Å². The second-order valence-corrected chi connectivity index (χ2v) is 3.75. The van der Waals surface area contributed by atoms with Crippen molar-refractivity contribution in [3.05, 3.63) is 48.2 Å². The van der Waals surface area contributed by atoms with E-state index in [0.717, 1.165) is 11.4 Å². The Morgan fingerprint density at radius 3 is 2.44 bits per heavy atom. The molecule has 1 heterocycles. The van der Waals surface area contributed by atoms with Crippen molar-refractivity contribution in [2.24, 2.45) is 5.73 Å². The van der Waals surface area contributed by atoms with Gasteiger partial charge < -0.3 is 10.6 Å². The first-order valence-electron chi connectivity index (χ1n) is 5.79. The van der Waals surface area contributed by atoms with Gasteiger partial charge in [-0.15, -0.1) is 0 Å². The van der Waals surface area contributed by atoms with Gasteiger partial charge in [0.25, 0.3) is 0 Å². The third kappa shape index (κ3) is 2.46. The normalized spacial score (nSPS) is 10.4. The number of nitrogens with two attached hydrogens (primary N) is 1. The molecule has 0 unspecified atom stereocenters. The summed E-state index contributed by atoms with van der Waals surface area (Å²) in [4.78, 5) is 10.5. The van der Waals surface area contributed by atoms with Gasteiger partial charge in [-0.1, -0.05) is 0 Å². The van der Waals surface area contributed by atoms with E-state index < -0.39 is 0 Å². The van der Waals surface area contributed by atoms with E-state index in [1.807, 2.05) is 11.8 Å². The predicted molar refractivity (Wildman–Crippen MR) is 69.0 cm³/mol. The van der Waals surface area contributed by atoms with Crippen LogP contribution >= 0.6 is 0 Å². The number of benzene rings is 1. The van der Waals surface area contributed by atoms with Gasteiger partial charge in [-0.25, -0.2) is 9.37 Å².